The maximum Gasteiger partial charge on any atom is 0.0317 e. The van der Waals surface area contributed by atoms with Crippen molar-refractivity contribution in [1.82, 2.24) is 5.32 Å². The molecule has 108 valence electrons. The zero-order valence-corrected chi connectivity index (χ0v) is 13.2. The van der Waals surface area contributed by atoms with Gasteiger partial charge >= 0.3 is 0 Å². The van der Waals surface area contributed by atoms with E-state index in [-0.39, 0.29) is 0 Å². The van der Waals surface area contributed by atoms with Crippen LogP contribution in [0, 0.1) is 0 Å². The second kappa shape index (κ2) is 9.14. The van der Waals surface area contributed by atoms with Gasteiger partial charge in [-0.3, -0.25) is 0 Å². The molecule has 0 bridgehead atoms. The largest absolute Gasteiger partial charge is 0.313 e. The first-order chi connectivity index (χ1) is 9.19. The van der Waals surface area contributed by atoms with E-state index in [1.807, 2.05) is 0 Å². The maximum atomic E-state index is 3.46. The normalized spacial score (nSPS) is 12.9. The molecule has 0 radical (unpaired) electrons. The first-order valence-corrected chi connectivity index (χ1v) is 7.96. The fraction of sp³-hybridized carbons (Fsp3) is 0.667. The first kappa shape index (κ1) is 16.2. The minimum Gasteiger partial charge on any atom is -0.313 e. The number of benzene rings is 1. The van der Waals surface area contributed by atoms with Gasteiger partial charge in [-0.05, 0) is 30.5 Å². The minimum absolute atomic E-state index is 0.517. The van der Waals surface area contributed by atoms with E-state index in [1.54, 1.807) is 0 Å². The van der Waals surface area contributed by atoms with E-state index < -0.39 is 0 Å². The predicted molar refractivity (Wildman–Crippen MR) is 85.7 cm³/mol. The second-order valence-electron chi connectivity index (χ2n) is 5.87. The van der Waals surface area contributed by atoms with Crippen LogP contribution in [0.4, 0.5) is 0 Å². The van der Waals surface area contributed by atoms with E-state index >= 15 is 0 Å². The molecule has 1 nitrogen and oxygen atoms in total. The SMILES string of the molecule is CCCCCCCC(NC)c1ccc(C(C)C)cc1. The summed E-state index contributed by atoms with van der Waals surface area (Å²) < 4.78 is 0. The number of unbranched alkanes of at least 4 members (excludes halogenated alkanes) is 4. The molecule has 1 heteroatoms. The molecule has 1 rings (SSSR count). The molecular formula is C18H31N. The van der Waals surface area contributed by atoms with Crippen molar-refractivity contribution in [2.45, 2.75) is 71.3 Å². The molecule has 0 fully saturated rings. The fourth-order valence-electron chi connectivity index (χ4n) is 2.54. The maximum absolute atomic E-state index is 3.46. The predicted octanol–water partition coefficient (Wildman–Crippen LogP) is 5.43. The summed E-state index contributed by atoms with van der Waals surface area (Å²) in [5.74, 6) is 0.621. The molecule has 19 heavy (non-hydrogen) atoms. The highest BCUT2D eigenvalue weighted by molar-refractivity contribution is 5.26. The smallest absolute Gasteiger partial charge is 0.0317 e. The summed E-state index contributed by atoms with van der Waals surface area (Å²) in [6.45, 7) is 6.77. The van der Waals surface area contributed by atoms with Crippen LogP contribution in [-0.2, 0) is 0 Å². The standard InChI is InChI=1S/C18H31N/c1-5-6-7-8-9-10-18(19-4)17-13-11-16(12-14-17)15(2)3/h11-15,18-19H,5-10H2,1-4H3. The van der Waals surface area contributed by atoms with E-state index in [1.165, 1.54) is 49.7 Å². The molecule has 1 N–H and O–H groups in total. The van der Waals surface area contributed by atoms with Gasteiger partial charge in [0.1, 0.15) is 0 Å². The van der Waals surface area contributed by atoms with E-state index in [2.05, 4.69) is 57.4 Å². The molecule has 0 aliphatic heterocycles. The van der Waals surface area contributed by atoms with E-state index in [9.17, 15) is 0 Å². The summed E-state index contributed by atoms with van der Waals surface area (Å²) in [4.78, 5) is 0. The Morgan fingerprint density at radius 1 is 0.895 bits per heavy atom. The lowest BCUT2D eigenvalue weighted by molar-refractivity contribution is 0.500. The number of rotatable bonds is 9. The highest BCUT2D eigenvalue weighted by Gasteiger charge is 2.09. The van der Waals surface area contributed by atoms with Gasteiger partial charge in [-0.15, -0.1) is 0 Å². The number of nitrogens with one attached hydrogen (secondary N) is 1. The third-order valence-electron chi connectivity index (χ3n) is 3.95. The molecule has 0 spiro atoms. The van der Waals surface area contributed by atoms with E-state index in [0.29, 0.717) is 12.0 Å². The van der Waals surface area contributed by atoms with Crippen LogP contribution in [0.2, 0.25) is 0 Å². The van der Waals surface area contributed by atoms with Gasteiger partial charge in [-0.2, -0.15) is 0 Å². The van der Waals surface area contributed by atoms with Crippen LogP contribution in [-0.4, -0.2) is 7.05 Å². The van der Waals surface area contributed by atoms with Gasteiger partial charge < -0.3 is 5.32 Å². The Balaban J connectivity index is 2.45. The third kappa shape index (κ3) is 5.78. The average molecular weight is 261 g/mol. The van der Waals surface area contributed by atoms with Gasteiger partial charge in [-0.25, -0.2) is 0 Å². The average Bonchev–Trinajstić information content (AvgIpc) is 2.43. The quantitative estimate of drug-likeness (QED) is 0.584. The molecule has 0 aliphatic rings. The summed E-state index contributed by atoms with van der Waals surface area (Å²) in [7, 11) is 2.08. The van der Waals surface area contributed by atoms with Gasteiger partial charge in [0.05, 0.1) is 0 Å². The first-order valence-electron chi connectivity index (χ1n) is 7.96. The van der Waals surface area contributed by atoms with Crippen LogP contribution in [0.15, 0.2) is 24.3 Å². The van der Waals surface area contributed by atoms with Crippen LogP contribution in [0.1, 0.15) is 82.4 Å². The molecule has 0 aromatic heterocycles. The second-order valence-corrected chi connectivity index (χ2v) is 5.87. The van der Waals surface area contributed by atoms with Crippen molar-refractivity contribution in [3.05, 3.63) is 35.4 Å². The van der Waals surface area contributed by atoms with E-state index in [0.717, 1.165) is 0 Å². The van der Waals surface area contributed by atoms with Gasteiger partial charge in [-0.1, -0.05) is 77.1 Å². The Hall–Kier alpha value is -0.820. The number of hydrogen-bond acceptors (Lipinski definition) is 1. The van der Waals surface area contributed by atoms with Gasteiger partial charge in [0, 0.05) is 6.04 Å². The van der Waals surface area contributed by atoms with Gasteiger partial charge in [0.25, 0.3) is 0 Å². The Labute approximate surface area is 119 Å². The van der Waals surface area contributed by atoms with Crippen molar-refractivity contribution in [3.63, 3.8) is 0 Å². The highest BCUT2D eigenvalue weighted by atomic mass is 14.9. The van der Waals surface area contributed by atoms with Crippen molar-refractivity contribution in [3.8, 4) is 0 Å². The van der Waals surface area contributed by atoms with Crippen molar-refractivity contribution in [2.75, 3.05) is 7.05 Å². The van der Waals surface area contributed by atoms with E-state index in [4.69, 9.17) is 0 Å². The summed E-state index contributed by atoms with van der Waals surface area (Å²) in [6.07, 6.45) is 8.05. The van der Waals surface area contributed by atoms with Crippen LogP contribution in [0.3, 0.4) is 0 Å². The van der Waals surface area contributed by atoms with Crippen molar-refractivity contribution in [2.24, 2.45) is 0 Å². The Kier molecular flexibility index (Phi) is 7.81. The summed E-state index contributed by atoms with van der Waals surface area (Å²) >= 11 is 0. The molecule has 1 unspecified atom stereocenters. The summed E-state index contributed by atoms with van der Waals surface area (Å²) in [5.41, 5.74) is 2.86. The van der Waals surface area contributed by atoms with Crippen molar-refractivity contribution >= 4 is 0 Å². The Morgan fingerprint density at radius 3 is 2.00 bits per heavy atom. The molecule has 0 heterocycles. The summed E-state index contributed by atoms with van der Waals surface area (Å²) in [5, 5.41) is 3.46. The zero-order valence-electron chi connectivity index (χ0n) is 13.2. The molecule has 1 aromatic rings. The van der Waals surface area contributed by atoms with Gasteiger partial charge in [0.15, 0.2) is 0 Å². The third-order valence-corrected chi connectivity index (χ3v) is 3.95. The lowest BCUT2D eigenvalue weighted by atomic mass is 9.96. The van der Waals surface area contributed by atoms with Crippen LogP contribution in [0.5, 0.6) is 0 Å². The molecular weight excluding hydrogens is 230 g/mol. The van der Waals surface area contributed by atoms with Crippen LogP contribution < -0.4 is 5.32 Å². The highest BCUT2D eigenvalue weighted by Crippen LogP contribution is 2.22. The number of hydrogen-bond donors (Lipinski definition) is 1. The molecule has 0 saturated carbocycles. The monoisotopic (exact) mass is 261 g/mol. The Bertz CT molecular complexity index is 326. The molecule has 0 saturated heterocycles. The van der Waals surface area contributed by atoms with Crippen LogP contribution in [0.25, 0.3) is 0 Å². The lowest BCUT2D eigenvalue weighted by Gasteiger charge is -2.17. The molecule has 1 aromatic carbocycles. The molecule has 0 amide bonds. The topological polar surface area (TPSA) is 12.0 Å². The Morgan fingerprint density at radius 2 is 1.47 bits per heavy atom. The lowest BCUT2D eigenvalue weighted by Crippen LogP contribution is -2.16. The summed E-state index contributed by atoms with van der Waals surface area (Å²) in [6, 6.07) is 9.66. The zero-order chi connectivity index (χ0) is 14.1. The molecule has 0 aliphatic carbocycles. The fourth-order valence-corrected chi connectivity index (χ4v) is 2.54. The van der Waals surface area contributed by atoms with Crippen molar-refractivity contribution in [1.29, 1.82) is 0 Å². The molecule has 1 atom stereocenters. The minimum atomic E-state index is 0.517. The van der Waals surface area contributed by atoms with Crippen molar-refractivity contribution < 1.29 is 0 Å². The van der Waals surface area contributed by atoms with Gasteiger partial charge in [0.2, 0.25) is 0 Å². The van der Waals surface area contributed by atoms with Crippen LogP contribution >= 0.6 is 0 Å².